The molecule has 4 unspecified atom stereocenters. The average Bonchev–Trinajstić information content (AvgIpc) is 2.43. The Kier molecular flexibility index (Phi) is 7.04. The maximum absolute atomic E-state index is 11.0. The molecule has 0 amide bonds. The van der Waals surface area contributed by atoms with Gasteiger partial charge in [0.1, 0.15) is 0 Å². The zero-order valence-corrected chi connectivity index (χ0v) is 10.4. The highest BCUT2D eigenvalue weighted by Gasteiger charge is 2.36. The number of ether oxygens (including phenoxy) is 2. The van der Waals surface area contributed by atoms with Crippen LogP contribution in [0.2, 0.25) is 0 Å². The fourth-order valence-electron chi connectivity index (χ4n) is 0.834. The summed E-state index contributed by atoms with van der Waals surface area (Å²) in [5, 5.41) is 52.0. The molecule has 22 heavy (non-hydrogen) atoms. The molecule has 124 valence electrons. The van der Waals surface area contributed by atoms with Crippen LogP contribution in [0.4, 0.5) is 4.79 Å². The molecule has 13 heteroatoms. The van der Waals surface area contributed by atoms with Crippen LogP contribution in [0.3, 0.4) is 0 Å². The zero-order valence-electron chi connectivity index (χ0n) is 10.4. The maximum Gasteiger partial charge on any atom is 0.524 e. The van der Waals surface area contributed by atoms with E-state index in [0.717, 1.165) is 0 Å². The molecular formula is C9H10O13. The minimum atomic E-state index is -2.69. The molecule has 13 nitrogen and oxygen atoms in total. The Morgan fingerprint density at radius 1 is 0.591 bits per heavy atom. The van der Waals surface area contributed by atoms with Gasteiger partial charge in [-0.15, -0.1) is 0 Å². The number of aliphatic hydroxyl groups excluding tert-OH is 4. The number of rotatable bonds is 6. The predicted octanol–water partition coefficient (Wildman–Crippen LogP) is -4.19. The van der Waals surface area contributed by atoms with Crippen LogP contribution in [0.1, 0.15) is 0 Å². The van der Waals surface area contributed by atoms with E-state index in [9.17, 15) is 24.0 Å². The molecule has 0 fully saturated rings. The number of aliphatic hydroxyl groups is 4. The standard InChI is InChI=1S/C9H10O13/c10-1(5(14)15)3(12)7(18)21-9(20)22-8(19)4(13)2(11)6(16)17/h1-4,10-13H,(H,14,15)(H,16,17). The third-order valence-electron chi connectivity index (χ3n) is 1.96. The molecule has 4 atom stereocenters. The molecule has 6 N–H and O–H groups in total. The van der Waals surface area contributed by atoms with Crippen molar-refractivity contribution in [2.45, 2.75) is 24.4 Å². The summed E-state index contributed by atoms with van der Waals surface area (Å²) in [5.74, 6) is -8.04. The highest BCUT2D eigenvalue weighted by atomic mass is 16.8. The van der Waals surface area contributed by atoms with Gasteiger partial charge in [-0.05, 0) is 0 Å². The van der Waals surface area contributed by atoms with Crippen LogP contribution in [-0.4, -0.2) is 85.1 Å². The molecule has 0 bridgehead atoms. The largest absolute Gasteiger partial charge is 0.524 e. The lowest BCUT2D eigenvalue weighted by Crippen LogP contribution is -2.43. The van der Waals surface area contributed by atoms with Crippen molar-refractivity contribution in [2.75, 3.05) is 0 Å². The number of aliphatic carboxylic acids is 2. The van der Waals surface area contributed by atoms with Crippen LogP contribution < -0.4 is 0 Å². The van der Waals surface area contributed by atoms with E-state index in [1.165, 1.54) is 0 Å². The number of hydrogen-bond acceptors (Lipinski definition) is 11. The molecule has 0 aromatic rings. The van der Waals surface area contributed by atoms with Crippen molar-refractivity contribution < 1.29 is 64.1 Å². The van der Waals surface area contributed by atoms with Crippen LogP contribution in [0.15, 0.2) is 0 Å². The van der Waals surface area contributed by atoms with Crippen molar-refractivity contribution >= 4 is 30.0 Å². The Morgan fingerprint density at radius 2 is 0.864 bits per heavy atom. The first-order valence-electron chi connectivity index (χ1n) is 5.14. The van der Waals surface area contributed by atoms with E-state index in [0.29, 0.717) is 0 Å². The Balaban J connectivity index is 4.57. The lowest BCUT2D eigenvalue weighted by Gasteiger charge is -2.13. The first-order valence-corrected chi connectivity index (χ1v) is 5.14. The van der Waals surface area contributed by atoms with E-state index in [-0.39, 0.29) is 0 Å². The first kappa shape index (κ1) is 19.4. The monoisotopic (exact) mass is 326 g/mol. The predicted molar refractivity (Wildman–Crippen MR) is 56.9 cm³/mol. The van der Waals surface area contributed by atoms with E-state index >= 15 is 0 Å². The van der Waals surface area contributed by atoms with Gasteiger partial charge in [-0.2, -0.15) is 0 Å². The highest BCUT2D eigenvalue weighted by molar-refractivity contribution is 5.94. The van der Waals surface area contributed by atoms with Crippen molar-refractivity contribution in [3.05, 3.63) is 0 Å². The lowest BCUT2D eigenvalue weighted by atomic mass is 10.2. The summed E-state index contributed by atoms with van der Waals surface area (Å²) in [6.07, 6.45) is -12.8. The Morgan fingerprint density at radius 3 is 1.09 bits per heavy atom. The van der Waals surface area contributed by atoms with Gasteiger partial charge in [0.15, 0.2) is 24.4 Å². The Hall–Kier alpha value is -2.61. The van der Waals surface area contributed by atoms with Crippen molar-refractivity contribution in [2.24, 2.45) is 0 Å². The van der Waals surface area contributed by atoms with Crippen LogP contribution in [0, 0.1) is 0 Å². The third kappa shape index (κ3) is 5.41. The number of carboxylic acids is 2. The molecule has 0 aromatic carbocycles. The SMILES string of the molecule is O=C(OC(=O)C(O)C(O)C(=O)O)OC(=O)C(O)C(O)C(=O)O. The second-order valence-electron chi connectivity index (χ2n) is 3.55. The number of carboxylic acid groups (broad SMARTS) is 2. The minimum Gasteiger partial charge on any atom is -0.479 e. The van der Waals surface area contributed by atoms with Gasteiger partial charge in [0.25, 0.3) is 0 Å². The summed E-state index contributed by atoms with van der Waals surface area (Å²) in [6.45, 7) is 0. The molecule has 0 aliphatic carbocycles. The van der Waals surface area contributed by atoms with Gasteiger partial charge in [-0.3, -0.25) is 0 Å². The second-order valence-corrected chi connectivity index (χ2v) is 3.55. The molecule has 0 spiro atoms. The molecule has 0 rings (SSSR count). The summed E-state index contributed by atoms with van der Waals surface area (Å²) < 4.78 is 7.22. The van der Waals surface area contributed by atoms with Crippen LogP contribution in [0.25, 0.3) is 0 Å². The smallest absolute Gasteiger partial charge is 0.479 e. The van der Waals surface area contributed by atoms with Gasteiger partial charge in [0.2, 0.25) is 0 Å². The minimum absolute atomic E-state index is 2.00. The van der Waals surface area contributed by atoms with Gasteiger partial charge < -0.3 is 40.1 Å². The molecule has 0 radical (unpaired) electrons. The molecule has 0 saturated heterocycles. The Bertz CT molecular complexity index is 440. The van der Waals surface area contributed by atoms with Crippen molar-refractivity contribution in [1.82, 2.24) is 0 Å². The summed E-state index contributed by atoms with van der Waals surface area (Å²) in [5.41, 5.74) is 0. The zero-order chi connectivity index (χ0) is 17.6. The fraction of sp³-hybridized carbons (Fsp3) is 0.444. The summed E-state index contributed by atoms with van der Waals surface area (Å²) in [6, 6.07) is 0. The van der Waals surface area contributed by atoms with Gasteiger partial charge >= 0.3 is 30.0 Å². The third-order valence-corrected chi connectivity index (χ3v) is 1.96. The maximum atomic E-state index is 11.0. The van der Waals surface area contributed by atoms with Gasteiger partial charge in [-0.25, -0.2) is 24.0 Å². The summed E-state index contributed by atoms with van der Waals surface area (Å²) >= 11 is 0. The quantitative estimate of drug-likeness (QED) is 0.201. The molecular weight excluding hydrogens is 316 g/mol. The van der Waals surface area contributed by atoms with Gasteiger partial charge in [-0.1, -0.05) is 0 Å². The number of hydrogen-bond donors (Lipinski definition) is 6. The molecule has 0 heterocycles. The van der Waals surface area contributed by atoms with Crippen LogP contribution in [-0.2, 0) is 28.7 Å². The average molecular weight is 326 g/mol. The topological polar surface area (TPSA) is 225 Å². The van der Waals surface area contributed by atoms with Crippen LogP contribution >= 0.6 is 0 Å². The molecule has 0 aliphatic heterocycles. The lowest BCUT2D eigenvalue weighted by molar-refractivity contribution is -0.172. The Labute approximate surface area is 119 Å². The van der Waals surface area contributed by atoms with Gasteiger partial charge in [0.05, 0.1) is 0 Å². The molecule has 0 aromatic heterocycles. The van der Waals surface area contributed by atoms with Crippen molar-refractivity contribution in [3.63, 3.8) is 0 Å². The van der Waals surface area contributed by atoms with Crippen molar-refractivity contribution in [1.29, 1.82) is 0 Å². The van der Waals surface area contributed by atoms with E-state index < -0.39 is 54.4 Å². The fourth-order valence-corrected chi connectivity index (χ4v) is 0.834. The molecule has 0 saturated carbocycles. The van der Waals surface area contributed by atoms with E-state index in [4.69, 9.17) is 30.6 Å². The van der Waals surface area contributed by atoms with E-state index in [1.54, 1.807) is 0 Å². The summed E-state index contributed by atoms with van der Waals surface area (Å²) in [7, 11) is 0. The highest BCUT2D eigenvalue weighted by Crippen LogP contribution is 2.02. The van der Waals surface area contributed by atoms with E-state index in [2.05, 4.69) is 9.47 Å². The normalized spacial score (nSPS) is 15.8. The van der Waals surface area contributed by atoms with E-state index in [1.807, 2.05) is 0 Å². The van der Waals surface area contributed by atoms with Crippen LogP contribution in [0.5, 0.6) is 0 Å². The number of carbonyl (C=O) groups excluding carboxylic acids is 3. The van der Waals surface area contributed by atoms with Crippen molar-refractivity contribution in [3.8, 4) is 0 Å². The number of esters is 2. The first-order chi connectivity index (χ1) is 9.98. The molecule has 0 aliphatic rings. The van der Waals surface area contributed by atoms with Gasteiger partial charge in [0, 0.05) is 0 Å². The second kappa shape index (κ2) is 7.99. The number of carbonyl (C=O) groups is 5. The summed E-state index contributed by atoms with van der Waals surface area (Å²) in [4.78, 5) is 53.3.